The number of aliphatic hydroxyl groups excluding tert-OH is 1. The first kappa shape index (κ1) is 17.1. The van der Waals surface area contributed by atoms with Crippen LogP contribution in [0, 0.1) is 5.92 Å². The average Bonchev–Trinajstić information content (AvgIpc) is 2.40. The van der Waals surface area contributed by atoms with E-state index in [0.717, 1.165) is 5.56 Å². The number of ether oxygens (including phenoxy) is 2. The minimum atomic E-state index is 0.0202. The number of benzene rings is 1. The topological polar surface area (TPSA) is 64.7 Å². The SMILES string of the molecule is CCOc1cc(CC(CN)CO)cc(Cl)c1OC(C)C. The van der Waals surface area contributed by atoms with Gasteiger partial charge in [0.25, 0.3) is 0 Å². The van der Waals surface area contributed by atoms with Crippen molar-refractivity contribution in [3.8, 4) is 11.5 Å². The van der Waals surface area contributed by atoms with Crippen LogP contribution in [-0.4, -0.2) is 31.0 Å². The highest BCUT2D eigenvalue weighted by Gasteiger charge is 2.15. The molecule has 0 radical (unpaired) electrons. The number of hydrogen-bond acceptors (Lipinski definition) is 4. The van der Waals surface area contributed by atoms with Crippen molar-refractivity contribution in [1.82, 2.24) is 0 Å². The number of aliphatic hydroxyl groups is 1. The third-order valence-electron chi connectivity index (χ3n) is 2.84. The molecule has 0 aliphatic rings. The van der Waals surface area contributed by atoms with Crippen LogP contribution in [-0.2, 0) is 6.42 Å². The van der Waals surface area contributed by atoms with E-state index in [-0.39, 0.29) is 18.6 Å². The lowest BCUT2D eigenvalue weighted by atomic mass is 10.00. The molecule has 1 unspecified atom stereocenters. The number of nitrogens with two attached hydrogens (primary N) is 1. The summed E-state index contributed by atoms with van der Waals surface area (Å²) in [5.41, 5.74) is 6.60. The highest BCUT2D eigenvalue weighted by Crippen LogP contribution is 2.37. The molecule has 1 aromatic carbocycles. The molecule has 0 bridgehead atoms. The van der Waals surface area contributed by atoms with Gasteiger partial charge in [-0.05, 0) is 57.4 Å². The minimum absolute atomic E-state index is 0.0202. The Kier molecular flexibility index (Phi) is 7.13. The third-order valence-corrected chi connectivity index (χ3v) is 3.12. The fraction of sp³-hybridized carbons (Fsp3) is 0.600. The highest BCUT2D eigenvalue weighted by atomic mass is 35.5. The molecule has 0 heterocycles. The monoisotopic (exact) mass is 301 g/mol. The van der Waals surface area contributed by atoms with Crippen molar-refractivity contribution in [1.29, 1.82) is 0 Å². The molecule has 114 valence electrons. The zero-order valence-electron chi connectivity index (χ0n) is 12.4. The van der Waals surface area contributed by atoms with Gasteiger partial charge in [0, 0.05) is 6.61 Å². The van der Waals surface area contributed by atoms with Crippen molar-refractivity contribution in [2.75, 3.05) is 19.8 Å². The molecule has 0 aliphatic carbocycles. The Labute approximate surface area is 125 Å². The molecule has 0 amide bonds. The van der Waals surface area contributed by atoms with Crippen molar-refractivity contribution in [3.05, 3.63) is 22.7 Å². The second kappa shape index (κ2) is 8.35. The van der Waals surface area contributed by atoms with E-state index in [1.165, 1.54) is 0 Å². The zero-order chi connectivity index (χ0) is 15.1. The second-order valence-electron chi connectivity index (χ2n) is 4.99. The number of rotatable bonds is 8. The fourth-order valence-electron chi connectivity index (χ4n) is 1.91. The van der Waals surface area contributed by atoms with Gasteiger partial charge in [-0.2, -0.15) is 0 Å². The van der Waals surface area contributed by atoms with Crippen LogP contribution in [0.5, 0.6) is 11.5 Å². The van der Waals surface area contributed by atoms with Crippen LogP contribution < -0.4 is 15.2 Å². The molecule has 0 spiro atoms. The standard InChI is InChI=1S/C15H24ClNO3/c1-4-19-14-7-11(5-12(8-17)9-18)6-13(16)15(14)20-10(2)3/h6-7,10,12,18H,4-5,8-9,17H2,1-3H3. The molecule has 1 rings (SSSR count). The van der Waals surface area contributed by atoms with Gasteiger partial charge in [-0.25, -0.2) is 0 Å². The molecule has 0 saturated carbocycles. The van der Waals surface area contributed by atoms with Gasteiger partial charge in [0.05, 0.1) is 17.7 Å². The van der Waals surface area contributed by atoms with E-state index in [0.29, 0.717) is 36.1 Å². The van der Waals surface area contributed by atoms with Gasteiger partial charge < -0.3 is 20.3 Å². The van der Waals surface area contributed by atoms with E-state index in [1.807, 2.05) is 32.9 Å². The largest absolute Gasteiger partial charge is 0.490 e. The predicted octanol–water partition coefficient (Wildman–Crippen LogP) is 2.64. The average molecular weight is 302 g/mol. The second-order valence-corrected chi connectivity index (χ2v) is 5.40. The number of hydrogen-bond donors (Lipinski definition) is 2. The molecular formula is C15H24ClNO3. The summed E-state index contributed by atoms with van der Waals surface area (Å²) in [4.78, 5) is 0. The molecule has 0 saturated heterocycles. The smallest absolute Gasteiger partial charge is 0.180 e. The van der Waals surface area contributed by atoms with E-state index in [1.54, 1.807) is 0 Å². The Bertz CT molecular complexity index is 420. The zero-order valence-corrected chi connectivity index (χ0v) is 13.1. The minimum Gasteiger partial charge on any atom is -0.490 e. The van der Waals surface area contributed by atoms with E-state index in [2.05, 4.69) is 0 Å². The summed E-state index contributed by atoms with van der Waals surface area (Å²) in [5, 5.41) is 9.76. The Morgan fingerprint density at radius 3 is 2.55 bits per heavy atom. The lowest BCUT2D eigenvalue weighted by Gasteiger charge is -2.18. The molecule has 1 aromatic rings. The van der Waals surface area contributed by atoms with E-state index >= 15 is 0 Å². The summed E-state index contributed by atoms with van der Waals surface area (Å²) in [6.45, 7) is 6.82. The maximum atomic E-state index is 9.23. The van der Waals surface area contributed by atoms with Gasteiger partial charge in [0.15, 0.2) is 11.5 Å². The summed E-state index contributed by atoms with van der Waals surface area (Å²) in [6.07, 6.45) is 0.682. The summed E-state index contributed by atoms with van der Waals surface area (Å²) >= 11 is 6.29. The van der Waals surface area contributed by atoms with Crippen LogP contribution in [0.25, 0.3) is 0 Å². The van der Waals surface area contributed by atoms with Crippen molar-refractivity contribution in [2.24, 2.45) is 11.7 Å². The van der Waals surface area contributed by atoms with Crippen LogP contribution in [0.4, 0.5) is 0 Å². The molecular weight excluding hydrogens is 278 g/mol. The van der Waals surface area contributed by atoms with E-state index < -0.39 is 0 Å². The van der Waals surface area contributed by atoms with Gasteiger partial charge in [-0.3, -0.25) is 0 Å². The molecule has 20 heavy (non-hydrogen) atoms. The summed E-state index contributed by atoms with van der Waals surface area (Å²) in [7, 11) is 0. The molecule has 0 aliphatic heterocycles. The Morgan fingerprint density at radius 1 is 1.35 bits per heavy atom. The Hall–Kier alpha value is -0.970. The number of halogens is 1. The van der Waals surface area contributed by atoms with Gasteiger partial charge in [-0.15, -0.1) is 0 Å². The summed E-state index contributed by atoms with van der Waals surface area (Å²) < 4.78 is 11.3. The molecule has 1 atom stereocenters. The quantitative estimate of drug-likeness (QED) is 0.775. The lowest BCUT2D eigenvalue weighted by molar-refractivity contribution is 0.222. The third kappa shape index (κ3) is 4.85. The normalized spacial score (nSPS) is 12.6. The Balaban J connectivity index is 3.05. The first-order valence-corrected chi connectivity index (χ1v) is 7.32. The van der Waals surface area contributed by atoms with Crippen LogP contribution in [0.1, 0.15) is 26.3 Å². The van der Waals surface area contributed by atoms with Crippen molar-refractivity contribution < 1.29 is 14.6 Å². The molecule has 5 heteroatoms. The first-order chi connectivity index (χ1) is 9.51. The predicted molar refractivity (Wildman–Crippen MR) is 81.7 cm³/mol. The fourth-order valence-corrected chi connectivity index (χ4v) is 2.19. The Morgan fingerprint density at radius 2 is 2.05 bits per heavy atom. The highest BCUT2D eigenvalue weighted by molar-refractivity contribution is 6.32. The molecule has 0 fully saturated rings. The van der Waals surface area contributed by atoms with Gasteiger partial charge >= 0.3 is 0 Å². The van der Waals surface area contributed by atoms with Crippen LogP contribution in [0.15, 0.2) is 12.1 Å². The molecule has 3 N–H and O–H groups in total. The summed E-state index contributed by atoms with van der Waals surface area (Å²) in [5.74, 6) is 1.23. The summed E-state index contributed by atoms with van der Waals surface area (Å²) in [6, 6.07) is 3.76. The van der Waals surface area contributed by atoms with Gasteiger partial charge in [0.1, 0.15) is 0 Å². The maximum absolute atomic E-state index is 9.23. The van der Waals surface area contributed by atoms with Gasteiger partial charge in [0.2, 0.25) is 0 Å². The molecule has 0 aromatic heterocycles. The van der Waals surface area contributed by atoms with Crippen LogP contribution in [0.3, 0.4) is 0 Å². The van der Waals surface area contributed by atoms with E-state index in [4.69, 9.17) is 26.8 Å². The van der Waals surface area contributed by atoms with Gasteiger partial charge in [-0.1, -0.05) is 11.6 Å². The van der Waals surface area contributed by atoms with Crippen molar-refractivity contribution in [2.45, 2.75) is 33.3 Å². The van der Waals surface area contributed by atoms with Crippen LogP contribution >= 0.6 is 11.6 Å². The first-order valence-electron chi connectivity index (χ1n) is 6.94. The van der Waals surface area contributed by atoms with Crippen molar-refractivity contribution in [3.63, 3.8) is 0 Å². The van der Waals surface area contributed by atoms with E-state index in [9.17, 15) is 5.11 Å². The molecule has 4 nitrogen and oxygen atoms in total. The lowest BCUT2D eigenvalue weighted by Crippen LogP contribution is -2.20. The maximum Gasteiger partial charge on any atom is 0.180 e. The van der Waals surface area contributed by atoms with Crippen LogP contribution in [0.2, 0.25) is 5.02 Å². The van der Waals surface area contributed by atoms with Crippen molar-refractivity contribution >= 4 is 11.6 Å².